The van der Waals surface area contributed by atoms with E-state index in [2.05, 4.69) is 26.3 Å². The Morgan fingerprint density at radius 3 is 2.64 bits per heavy atom. The highest BCUT2D eigenvalue weighted by Crippen LogP contribution is 2.25. The number of fused-ring (bicyclic) bond motifs is 1. The Morgan fingerprint density at radius 2 is 1.94 bits per heavy atom. The summed E-state index contributed by atoms with van der Waals surface area (Å²) in [6, 6.07) is 14.8. The van der Waals surface area contributed by atoms with Crippen LogP contribution < -0.4 is 15.8 Å². The maximum absolute atomic E-state index is 12.6. The van der Waals surface area contributed by atoms with Crippen LogP contribution >= 0.6 is 11.6 Å². The van der Waals surface area contributed by atoms with Crippen molar-refractivity contribution in [2.75, 3.05) is 11.4 Å². The Balaban J connectivity index is 1.57. The van der Waals surface area contributed by atoms with E-state index in [-0.39, 0.29) is 11.5 Å². The fraction of sp³-hybridized carbons (Fsp3) is 0.214. The molecule has 0 radical (unpaired) electrons. The van der Waals surface area contributed by atoms with E-state index >= 15 is 0 Å². The van der Waals surface area contributed by atoms with Gasteiger partial charge in [-0.2, -0.15) is 0 Å². The number of aromatic nitrogens is 3. The maximum atomic E-state index is 12.6. The molecule has 4 aromatic rings. The predicted octanol–water partition coefficient (Wildman–Crippen LogP) is 4.88. The molecule has 1 amide bonds. The number of nitrogens with one attached hydrogen (secondary N) is 1. The zero-order chi connectivity index (χ0) is 25.7. The topological polar surface area (TPSA) is 80.1 Å². The average Bonchev–Trinajstić information content (AvgIpc) is 2.88. The minimum absolute atomic E-state index is 0.115. The zero-order valence-corrected chi connectivity index (χ0v) is 21.3. The highest BCUT2D eigenvalue weighted by atomic mass is 35.5. The van der Waals surface area contributed by atoms with E-state index in [0.717, 1.165) is 16.8 Å². The summed E-state index contributed by atoms with van der Waals surface area (Å²) in [6.07, 6.45) is 7.06. The number of halogens is 1. The van der Waals surface area contributed by atoms with Gasteiger partial charge in [-0.1, -0.05) is 29.3 Å². The summed E-state index contributed by atoms with van der Waals surface area (Å²) < 4.78 is 1.46. The minimum Gasteiger partial charge on any atom is -0.363 e. The molecule has 0 spiro atoms. The van der Waals surface area contributed by atoms with E-state index in [9.17, 15) is 9.59 Å². The summed E-state index contributed by atoms with van der Waals surface area (Å²) in [7, 11) is 1.68. The van der Waals surface area contributed by atoms with Crippen LogP contribution in [0.15, 0.2) is 83.7 Å². The maximum Gasteiger partial charge on any atom is 0.260 e. The second-order valence-corrected chi connectivity index (χ2v) is 9.28. The number of hydrogen-bond donors (Lipinski definition) is 1. The molecule has 0 unspecified atom stereocenters. The Morgan fingerprint density at radius 1 is 1.17 bits per heavy atom. The van der Waals surface area contributed by atoms with Gasteiger partial charge in [0.05, 0.1) is 17.2 Å². The standard InChI is InChI=1S/C28H28ClN5O2/c1-19(2)10-12-34(17-22-13-24-26(14-25(22)29)32-18-33(3)28(24)36)23-8-6-21(7-9-23)27(35)31-16-20-5-4-11-30-15-20/h4-11,13-15,18H,12,16-17H2,1-3H3,(H,31,35). The van der Waals surface area contributed by atoms with Crippen molar-refractivity contribution >= 4 is 34.1 Å². The quantitative estimate of drug-likeness (QED) is 0.348. The normalized spacial score (nSPS) is 10.8. The Hall–Kier alpha value is -3.97. The number of anilines is 1. The van der Waals surface area contributed by atoms with Crippen molar-refractivity contribution in [2.45, 2.75) is 26.9 Å². The minimum atomic E-state index is -0.151. The number of pyridine rings is 1. The summed E-state index contributed by atoms with van der Waals surface area (Å²) in [6.45, 7) is 5.64. The molecule has 36 heavy (non-hydrogen) atoms. The van der Waals surface area contributed by atoms with Crippen molar-refractivity contribution in [2.24, 2.45) is 7.05 Å². The van der Waals surface area contributed by atoms with Crippen LogP contribution in [-0.4, -0.2) is 27.0 Å². The predicted molar refractivity (Wildman–Crippen MR) is 144 cm³/mol. The number of carbonyl (C=O) groups excluding carboxylic acids is 1. The lowest BCUT2D eigenvalue weighted by Crippen LogP contribution is -2.25. The van der Waals surface area contributed by atoms with Gasteiger partial charge in [0, 0.05) is 55.3 Å². The van der Waals surface area contributed by atoms with E-state index in [0.29, 0.717) is 41.1 Å². The van der Waals surface area contributed by atoms with Gasteiger partial charge in [-0.15, -0.1) is 0 Å². The van der Waals surface area contributed by atoms with Crippen molar-refractivity contribution in [3.63, 3.8) is 0 Å². The zero-order valence-electron chi connectivity index (χ0n) is 20.5. The Bertz CT molecular complexity index is 1460. The van der Waals surface area contributed by atoms with Gasteiger partial charge in [0.15, 0.2) is 0 Å². The molecule has 0 saturated heterocycles. The van der Waals surface area contributed by atoms with Crippen LogP contribution in [0.25, 0.3) is 10.9 Å². The molecule has 7 nitrogen and oxygen atoms in total. The first kappa shape index (κ1) is 25.1. The molecular weight excluding hydrogens is 474 g/mol. The van der Waals surface area contributed by atoms with Crippen molar-refractivity contribution in [1.82, 2.24) is 19.9 Å². The third-order valence-corrected chi connectivity index (χ3v) is 6.19. The van der Waals surface area contributed by atoms with Crippen molar-refractivity contribution < 1.29 is 4.79 Å². The van der Waals surface area contributed by atoms with Crippen LogP contribution in [0.5, 0.6) is 0 Å². The summed E-state index contributed by atoms with van der Waals surface area (Å²) in [5.74, 6) is -0.151. The molecule has 8 heteroatoms. The summed E-state index contributed by atoms with van der Waals surface area (Å²) in [4.78, 5) is 35.8. The third kappa shape index (κ3) is 5.98. The average molecular weight is 502 g/mol. The lowest BCUT2D eigenvalue weighted by atomic mass is 10.1. The first-order chi connectivity index (χ1) is 17.3. The molecule has 2 aromatic carbocycles. The molecule has 0 fully saturated rings. The molecule has 4 rings (SSSR count). The molecular formula is C28H28ClN5O2. The largest absolute Gasteiger partial charge is 0.363 e. The van der Waals surface area contributed by atoms with E-state index < -0.39 is 0 Å². The van der Waals surface area contributed by atoms with E-state index in [1.54, 1.807) is 25.5 Å². The van der Waals surface area contributed by atoms with Crippen LogP contribution in [0, 0.1) is 0 Å². The van der Waals surface area contributed by atoms with Crippen molar-refractivity contribution in [3.05, 3.63) is 111 Å². The molecule has 184 valence electrons. The monoisotopic (exact) mass is 501 g/mol. The second-order valence-electron chi connectivity index (χ2n) is 8.87. The number of aryl methyl sites for hydroxylation is 1. The van der Waals surface area contributed by atoms with E-state index in [4.69, 9.17) is 11.6 Å². The van der Waals surface area contributed by atoms with Crippen LogP contribution in [0.1, 0.15) is 35.3 Å². The smallest absolute Gasteiger partial charge is 0.260 e. The number of hydrogen-bond acceptors (Lipinski definition) is 5. The first-order valence-electron chi connectivity index (χ1n) is 11.6. The van der Waals surface area contributed by atoms with Gasteiger partial charge >= 0.3 is 0 Å². The number of amides is 1. The summed E-state index contributed by atoms with van der Waals surface area (Å²) in [5, 5.41) is 4.00. The van der Waals surface area contributed by atoms with Crippen molar-refractivity contribution in [3.8, 4) is 0 Å². The second kappa shape index (κ2) is 11.2. The molecule has 0 aliphatic rings. The van der Waals surface area contributed by atoms with Gasteiger partial charge in [0.25, 0.3) is 11.5 Å². The number of rotatable bonds is 8. The molecule has 0 aliphatic heterocycles. The molecule has 2 heterocycles. The summed E-state index contributed by atoms with van der Waals surface area (Å²) >= 11 is 6.59. The van der Waals surface area contributed by atoms with Gasteiger partial charge in [-0.05, 0) is 67.4 Å². The number of benzene rings is 2. The fourth-order valence-electron chi connectivity index (χ4n) is 3.77. The fourth-order valence-corrected chi connectivity index (χ4v) is 3.99. The van der Waals surface area contributed by atoms with Crippen LogP contribution in [-0.2, 0) is 20.1 Å². The number of nitrogens with zero attached hydrogens (tertiary/aromatic N) is 4. The lowest BCUT2D eigenvalue weighted by molar-refractivity contribution is 0.0951. The Labute approximate surface area is 215 Å². The van der Waals surface area contributed by atoms with Gasteiger partial charge in [-0.3, -0.25) is 14.6 Å². The van der Waals surface area contributed by atoms with Crippen LogP contribution in [0.4, 0.5) is 5.69 Å². The highest BCUT2D eigenvalue weighted by Gasteiger charge is 2.14. The van der Waals surface area contributed by atoms with Gasteiger partial charge in [0.1, 0.15) is 0 Å². The lowest BCUT2D eigenvalue weighted by Gasteiger charge is -2.25. The third-order valence-electron chi connectivity index (χ3n) is 5.84. The SMILES string of the molecule is CC(C)=CCN(Cc1cc2c(=O)n(C)cnc2cc1Cl)c1ccc(C(=O)NCc2cccnc2)cc1. The van der Waals surface area contributed by atoms with Gasteiger partial charge < -0.3 is 14.8 Å². The van der Waals surface area contributed by atoms with E-state index in [1.807, 2.05) is 56.3 Å². The van der Waals surface area contributed by atoms with Gasteiger partial charge in [-0.25, -0.2) is 4.98 Å². The molecule has 0 aliphatic carbocycles. The molecule has 0 atom stereocenters. The first-order valence-corrected chi connectivity index (χ1v) is 12.0. The molecule has 0 saturated carbocycles. The Kier molecular flexibility index (Phi) is 7.80. The molecule has 1 N–H and O–H groups in total. The van der Waals surface area contributed by atoms with Gasteiger partial charge in [0.2, 0.25) is 0 Å². The van der Waals surface area contributed by atoms with E-state index in [1.165, 1.54) is 16.5 Å². The summed E-state index contributed by atoms with van der Waals surface area (Å²) in [5.41, 5.74) is 4.92. The number of allylic oxidation sites excluding steroid dienone is 1. The van der Waals surface area contributed by atoms with Crippen molar-refractivity contribution in [1.29, 1.82) is 0 Å². The highest BCUT2D eigenvalue weighted by molar-refractivity contribution is 6.32. The number of carbonyl (C=O) groups is 1. The molecule has 0 bridgehead atoms. The van der Waals surface area contributed by atoms with Crippen LogP contribution in [0.3, 0.4) is 0 Å². The molecule has 2 aromatic heterocycles. The van der Waals surface area contributed by atoms with Crippen LogP contribution in [0.2, 0.25) is 5.02 Å².